The summed E-state index contributed by atoms with van der Waals surface area (Å²) in [6, 6.07) is 9.69. The van der Waals surface area contributed by atoms with Crippen molar-refractivity contribution in [1.82, 2.24) is 9.97 Å². The smallest absolute Gasteiger partial charge is 0.189 e. The highest BCUT2D eigenvalue weighted by Crippen LogP contribution is 2.05. The molecule has 0 saturated heterocycles. The van der Waals surface area contributed by atoms with Crippen LogP contribution in [0, 0.1) is 0 Å². The molecular weight excluding hydrogens is 276 g/mol. The van der Waals surface area contributed by atoms with E-state index in [9.17, 15) is 0 Å². The largest absolute Gasteiger partial charge is 0.466 e. The van der Waals surface area contributed by atoms with E-state index in [0.717, 1.165) is 12.2 Å². The van der Waals surface area contributed by atoms with E-state index >= 15 is 0 Å². The highest BCUT2D eigenvalue weighted by molar-refractivity contribution is 5.14. The van der Waals surface area contributed by atoms with Crippen LogP contribution in [-0.2, 0) is 11.2 Å². The van der Waals surface area contributed by atoms with Gasteiger partial charge in [0.25, 0.3) is 0 Å². The van der Waals surface area contributed by atoms with Crippen LogP contribution in [0.4, 0.5) is 0 Å². The molecule has 0 aliphatic rings. The Kier molecular flexibility index (Phi) is 15.7. The van der Waals surface area contributed by atoms with Gasteiger partial charge in [-0.3, -0.25) is 9.97 Å². The summed E-state index contributed by atoms with van der Waals surface area (Å²) in [6.45, 7) is 5.05. The van der Waals surface area contributed by atoms with Crippen molar-refractivity contribution >= 4 is 0 Å². The van der Waals surface area contributed by atoms with Crippen molar-refractivity contribution in [3.63, 3.8) is 0 Å². The summed E-state index contributed by atoms with van der Waals surface area (Å²) in [5, 5.41) is 0. The van der Waals surface area contributed by atoms with Crippen LogP contribution in [0.25, 0.3) is 0 Å². The van der Waals surface area contributed by atoms with E-state index in [4.69, 9.17) is 9.47 Å². The van der Waals surface area contributed by atoms with Crippen molar-refractivity contribution in [2.24, 2.45) is 0 Å². The lowest BCUT2D eigenvalue weighted by molar-refractivity contribution is 0.0222. The van der Waals surface area contributed by atoms with E-state index in [1.54, 1.807) is 12.4 Å². The van der Waals surface area contributed by atoms with Crippen LogP contribution in [0.15, 0.2) is 48.9 Å². The fourth-order valence-corrected chi connectivity index (χ4v) is 1.43. The molecule has 0 aliphatic carbocycles. The summed E-state index contributed by atoms with van der Waals surface area (Å²) in [5.41, 5.74) is 1.19. The van der Waals surface area contributed by atoms with Crippen molar-refractivity contribution in [3.05, 3.63) is 54.6 Å². The molecule has 4 heteroatoms. The molecule has 0 aliphatic heterocycles. The Morgan fingerprint density at radius 3 is 2.36 bits per heavy atom. The van der Waals surface area contributed by atoms with Gasteiger partial charge in [0, 0.05) is 24.7 Å². The number of ether oxygens (including phenoxy) is 2. The Hall–Kier alpha value is -1.94. The summed E-state index contributed by atoms with van der Waals surface area (Å²) < 4.78 is 10.1. The first-order valence-electron chi connectivity index (χ1n) is 6.87. The van der Waals surface area contributed by atoms with Crippen molar-refractivity contribution in [2.75, 3.05) is 13.4 Å². The van der Waals surface area contributed by atoms with Gasteiger partial charge in [0.15, 0.2) is 6.79 Å². The second-order valence-corrected chi connectivity index (χ2v) is 4.01. The van der Waals surface area contributed by atoms with Gasteiger partial charge < -0.3 is 9.47 Å². The summed E-state index contributed by atoms with van der Waals surface area (Å²) in [6.07, 6.45) is 7.47. The predicted octanol–water partition coefficient (Wildman–Crippen LogP) is 4.76. The van der Waals surface area contributed by atoms with Gasteiger partial charge in [-0.05, 0) is 37.6 Å². The zero-order valence-electron chi connectivity index (χ0n) is 12.2. The van der Waals surface area contributed by atoms with Crippen LogP contribution in [0.3, 0.4) is 0 Å². The van der Waals surface area contributed by atoms with Gasteiger partial charge in [-0.2, -0.15) is 0 Å². The quantitative estimate of drug-likeness (QED) is 0.570. The molecule has 2 rings (SSSR count). The van der Waals surface area contributed by atoms with Crippen LogP contribution >= 0.6 is 0 Å². The summed E-state index contributed by atoms with van der Waals surface area (Å²) >= 11 is 0. The van der Waals surface area contributed by atoms with Crippen molar-refractivity contribution in [2.45, 2.75) is 41.5 Å². The minimum Gasteiger partial charge on any atom is -0.466 e. The molecule has 4 nitrogen and oxygen atoms in total. The van der Waals surface area contributed by atoms with E-state index in [0.29, 0.717) is 13.4 Å². The third-order valence-electron chi connectivity index (χ3n) is 2.38. The minimum atomic E-state index is 0. The zero-order valence-corrected chi connectivity index (χ0v) is 12.2. The number of pyridine rings is 2. The molecule has 22 heavy (non-hydrogen) atoms. The molecule has 0 N–H and O–H groups in total. The normalized spacial score (nSPS) is 8.64. The van der Waals surface area contributed by atoms with Gasteiger partial charge in [-0.1, -0.05) is 34.3 Å². The number of hydrogen-bond donors (Lipinski definition) is 0. The molecule has 0 unspecified atom stereocenters. The number of rotatable bonds is 6. The fraction of sp³-hybridized carbons (Fsp3) is 0.444. The molecule has 0 atom stereocenters. The molecule has 0 amide bonds. The Labute approximate surface area is 135 Å². The molecule has 124 valence electrons. The van der Waals surface area contributed by atoms with Crippen LogP contribution < -0.4 is 4.74 Å². The van der Waals surface area contributed by atoms with Crippen LogP contribution in [-0.4, -0.2) is 23.4 Å². The van der Waals surface area contributed by atoms with Gasteiger partial charge in [0.1, 0.15) is 5.75 Å². The summed E-state index contributed by atoms with van der Waals surface area (Å²) in [5.74, 6) is 0.737. The van der Waals surface area contributed by atoms with Crippen molar-refractivity contribution < 1.29 is 9.47 Å². The maximum Gasteiger partial charge on any atom is 0.189 e. The molecule has 0 fully saturated rings. The maximum atomic E-state index is 5.16. The lowest BCUT2D eigenvalue weighted by Gasteiger charge is -2.03. The maximum absolute atomic E-state index is 5.16. The van der Waals surface area contributed by atoms with E-state index in [1.165, 1.54) is 12.1 Å². The van der Waals surface area contributed by atoms with Gasteiger partial charge >= 0.3 is 0 Å². The molecule has 0 saturated carbocycles. The first kappa shape index (κ1) is 22.3. The molecule has 0 bridgehead atoms. The molecule has 2 aromatic heterocycles. The lowest BCUT2D eigenvalue weighted by atomic mass is 10.2. The average molecular weight is 306 g/mol. The van der Waals surface area contributed by atoms with Crippen LogP contribution in [0.5, 0.6) is 5.75 Å². The van der Waals surface area contributed by atoms with Gasteiger partial charge in [0.2, 0.25) is 0 Å². The van der Waals surface area contributed by atoms with Crippen molar-refractivity contribution in [1.29, 1.82) is 0 Å². The fourth-order valence-electron chi connectivity index (χ4n) is 1.43. The number of aryl methyl sites for hydroxylation is 1. The van der Waals surface area contributed by atoms with Crippen LogP contribution in [0.1, 0.15) is 40.8 Å². The number of aromatic nitrogens is 2. The summed E-state index contributed by atoms with van der Waals surface area (Å²) in [4.78, 5) is 8.05. The Morgan fingerprint density at radius 1 is 1.00 bits per heavy atom. The van der Waals surface area contributed by atoms with Gasteiger partial charge in [-0.25, -0.2) is 0 Å². The highest BCUT2D eigenvalue weighted by Gasteiger charge is 1.89. The molecular formula is C18H30N2O2. The molecule has 0 radical (unpaired) electrons. The van der Waals surface area contributed by atoms with Gasteiger partial charge in [-0.15, -0.1) is 0 Å². The lowest BCUT2D eigenvalue weighted by Crippen LogP contribution is -2.01. The monoisotopic (exact) mass is 306 g/mol. The standard InChI is InChI=1S/C8H11NO2.C8H11N.2CH4/c1-2-10-7-11-8-4-3-5-9-6-8;1-2-5-8-6-3-4-7-9-8;;/h3-6H,2,7H2,1H3;3-4,6-7H,2,5H2,1H3;2*1H4. The van der Waals surface area contributed by atoms with Gasteiger partial charge in [0.05, 0.1) is 6.20 Å². The zero-order chi connectivity index (χ0) is 14.5. The Morgan fingerprint density at radius 2 is 1.82 bits per heavy atom. The first-order chi connectivity index (χ1) is 9.86. The van der Waals surface area contributed by atoms with E-state index in [1.807, 2.05) is 37.4 Å². The molecule has 0 aromatic carbocycles. The Balaban J connectivity index is 0. The third kappa shape index (κ3) is 10.8. The number of nitrogens with zero attached hydrogens (tertiary/aromatic N) is 2. The average Bonchev–Trinajstić information content (AvgIpc) is 2.51. The molecule has 0 spiro atoms. The van der Waals surface area contributed by atoms with Crippen molar-refractivity contribution in [3.8, 4) is 5.75 Å². The second kappa shape index (κ2) is 15.4. The molecule has 2 heterocycles. The highest BCUT2D eigenvalue weighted by atomic mass is 16.7. The van der Waals surface area contributed by atoms with E-state index in [2.05, 4.69) is 23.0 Å². The SMILES string of the molecule is C.C.CCCc1ccccn1.CCOCOc1cccnc1. The van der Waals surface area contributed by atoms with Crippen LogP contribution in [0.2, 0.25) is 0 Å². The number of hydrogen-bond acceptors (Lipinski definition) is 4. The first-order valence-corrected chi connectivity index (χ1v) is 6.87. The summed E-state index contributed by atoms with van der Waals surface area (Å²) in [7, 11) is 0. The second-order valence-electron chi connectivity index (χ2n) is 4.01. The predicted molar refractivity (Wildman–Crippen MR) is 93.1 cm³/mol. The minimum absolute atomic E-state index is 0. The topological polar surface area (TPSA) is 44.2 Å². The van der Waals surface area contributed by atoms with E-state index in [-0.39, 0.29) is 14.9 Å². The third-order valence-corrected chi connectivity index (χ3v) is 2.38. The van der Waals surface area contributed by atoms with E-state index < -0.39 is 0 Å². The Bertz CT molecular complexity index is 435. The molecule has 2 aromatic rings.